The summed E-state index contributed by atoms with van der Waals surface area (Å²) in [6.07, 6.45) is 0. The van der Waals surface area contributed by atoms with Gasteiger partial charge in [0, 0.05) is 17.3 Å². The van der Waals surface area contributed by atoms with Gasteiger partial charge in [-0.3, -0.25) is 0 Å². The second-order valence-corrected chi connectivity index (χ2v) is 7.10. The Bertz CT molecular complexity index is 756. The Hall–Kier alpha value is -1.56. The first-order chi connectivity index (χ1) is 9.79. The molecule has 6 heteroatoms. The molecule has 4 nitrogen and oxygen atoms in total. The molecule has 0 heterocycles. The van der Waals surface area contributed by atoms with Crippen LogP contribution in [-0.2, 0) is 16.6 Å². The van der Waals surface area contributed by atoms with Gasteiger partial charge in [0.15, 0.2) is 0 Å². The molecule has 0 aromatic heterocycles. The maximum atomic E-state index is 12.4. The number of hydrogen-bond acceptors (Lipinski definition) is 3. The molecule has 3 N–H and O–H groups in total. The number of aryl methyl sites for hydroxylation is 1. The fourth-order valence-corrected chi connectivity index (χ4v) is 3.49. The number of halogens is 1. The lowest BCUT2D eigenvalue weighted by Gasteiger charge is -2.12. The second kappa shape index (κ2) is 6.05. The van der Waals surface area contributed by atoms with E-state index in [0.29, 0.717) is 16.3 Å². The zero-order valence-electron chi connectivity index (χ0n) is 11.9. The van der Waals surface area contributed by atoms with Gasteiger partial charge >= 0.3 is 0 Å². The van der Waals surface area contributed by atoms with Crippen LogP contribution >= 0.6 is 11.6 Å². The van der Waals surface area contributed by atoms with Gasteiger partial charge in [0.25, 0.3) is 0 Å². The lowest BCUT2D eigenvalue weighted by molar-refractivity contribution is 0.580. The van der Waals surface area contributed by atoms with Gasteiger partial charge in [-0.15, -0.1) is 0 Å². The van der Waals surface area contributed by atoms with Crippen molar-refractivity contribution < 1.29 is 8.42 Å². The number of nitrogens with two attached hydrogens (primary N) is 1. The van der Waals surface area contributed by atoms with E-state index in [1.807, 2.05) is 6.92 Å². The highest BCUT2D eigenvalue weighted by Crippen LogP contribution is 2.23. The Labute approximate surface area is 130 Å². The summed E-state index contributed by atoms with van der Waals surface area (Å²) in [5, 5.41) is 0.615. The molecule has 2 aromatic carbocycles. The van der Waals surface area contributed by atoms with Crippen LogP contribution in [0.2, 0.25) is 5.02 Å². The summed E-state index contributed by atoms with van der Waals surface area (Å²) in [5.74, 6) is 0. The predicted molar refractivity (Wildman–Crippen MR) is 85.8 cm³/mol. The Morgan fingerprint density at radius 1 is 1.14 bits per heavy atom. The van der Waals surface area contributed by atoms with Crippen LogP contribution in [0.25, 0.3) is 0 Å². The first-order valence-corrected chi connectivity index (χ1v) is 8.26. The molecule has 112 valence electrons. The van der Waals surface area contributed by atoms with Gasteiger partial charge < -0.3 is 5.73 Å². The molecule has 0 radical (unpaired) electrons. The van der Waals surface area contributed by atoms with Gasteiger partial charge in [0.05, 0.1) is 4.90 Å². The second-order valence-electron chi connectivity index (χ2n) is 4.93. The summed E-state index contributed by atoms with van der Waals surface area (Å²) in [6, 6.07) is 10.4. The van der Waals surface area contributed by atoms with Crippen molar-refractivity contribution in [1.82, 2.24) is 4.72 Å². The Morgan fingerprint density at radius 2 is 1.76 bits per heavy atom. The normalized spacial score (nSPS) is 11.6. The molecular weight excluding hydrogens is 308 g/mol. The average molecular weight is 325 g/mol. The molecule has 21 heavy (non-hydrogen) atoms. The van der Waals surface area contributed by atoms with Gasteiger partial charge in [-0.2, -0.15) is 0 Å². The van der Waals surface area contributed by atoms with Crippen molar-refractivity contribution in [2.24, 2.45) is 0 Å². The average Bonchev–Trinajstić information content (AvgIpc) is 2.42. The first-order valence-electron chi connectivity index (χ1n) is 6.40. The summed E-state index contributed by atoms with van der Waals surface area (Å²) in [5.41, 5.74) is 8.51. The molecule has 2 rings (SSSR count). The number of rotatable bonds is 4. The van der Waals surface area contributed by atoms with Crippen molar-refractivity contribution in [2.45, 2.75) is 25.3 Å². The molecule has 0 saturated heterocycles. The molecule has 2 aromatic rings. The van der Waals surface area contributed by atoms with Crippen molar-refractivity contribution in [3.63, 3.8) is 0 Å². The third kappa shape index (κ3) is 3.75. The van der Waals surface area contributed by atoms with E-state index in [9.17, 15) is 8.42 Å². The van der Waals surface area contributed by atoms with Gasteiger partial charge in [0.2, 0.25) is 10.0 Å². The van der Waals surface area contributed by atoms with Crippen LogP contribution in [0, 0.1) is 13.8 Å². The molecule has 0 amide bonds. The number of nitrogen functional groups attached to an aromatic ring is 1. The highest BCUT2D eigenvalue weighted by molar-refractivity contribution is 7.89. The van der Waals surface area contributed by atoms with Crippen LogP contribution in [-0.4, -0.2) is 8.42 Å². The molecule has 0 aliphatic heterocycles. The molecular formula is C15H17ClN2O2S. The van der Waals surface area contributed by atoms with Gasteiger partial charge in [-0.1, -0.05) is 23.7 Å². The lowest BCUT2D eigenvalue weighted by atomic mass is 10.1. The molecule has 0 fully saturated rings. The minimum atomic E-state index is -3.61. The fourth-order valence-electron chi connectivity index (χ4n) is 1.99. The summed E-state index contributed by atoms with van der Waals surface area (Å²) >= 11 is 5.80. The Morgan fingerprint density at radius 3 is 2.38 bits per heavy atom. The standard InChI is InChI=1S/C15H17ClN2O2S/c1-10-7-14(17)11(2)15(8-10)21(19,20)18-9-12-3-5-13(16)6-4-12/h3-8,18H,9,17H2,1-2H3. The monoisotopic (exact) mass is 324 g/mol. The van der Waals surface area contributed by atoms with Crippen molar-refractivity contribution in [3.05, 3.63) is 58.1 Å². The number of anilines is 1. The van der Waals surface area contributed by atoms with E-state index in [2.05, 4.69) is 4.72 Å². The quantitative estimate of drug-likeness (QED) is 0.849. The Kier molecular flexibility index (Phi) is 4.56. The maximum absolute atomic E-state index is 12.4. The maximum Gasteiger partial charge on any atom is 0.241 e. The van der Waals surface area contributed by atoms with E-state index >= 15 is 0 Å². The lowest BCUT2D eigenvalue weighted by Crippen LogP contribution is -2.24. The summed E-state index contributed by atoms with van der Waals surface area (Å²) in [4.78, 5) is 0.217. The van der Waals surface area contributed by atoms with Crippen LogP contribution in [0.4, 0.5) is 5.69 Å². The summed E-state index contributed by atoms with van der Waals surface area (Å²) in [6.45, 7) is 3.71. The van der Waals surface area contributed by atoms with E-state index in [0.717, 1.165) is 11.1 Å². The minimum absolute atomic E-state index is 0.201. The number of sulfonamides is 1. The van der Waals surface area contributed by atoms with Crippen molar-refractivity contribution in [2.75, 3.05) is 5.73 Å². The zero-order chi connectivity index (χ0) is 15.6. The molecule has 0 aliphatic carbocycles. The third-order valence-corrected chi connectivity index (χ3v) is 4.99. The van der Waals surface area contributed by atoms with Crippen LogP contribution < -0.4 is 10.5 Å². The SMILES string of the molecule is Cc1cc(N)c(C)c(S(=O)(=O)NCc2ccc(Cl)cc2)c1. The molecule has 0 atom stereocenters. The predicted octanol–water partition coefficient (Wildman–Crippen LogP) is 3.02. The minimum Gasteiger partial charge on any atom is -0.398 e. The largest absolute Gasteiger partial charge is 0.398 e. The van der Waals surface area contributed by atoms with E-state index in [1.165, 1.54) is 0 Å². The number of nitrogens with one attached hydrogen (secondary N) is 1. The van der Waals surface area contributed by atoms with Crippen molar-refractivity contribution >= 4 is 27.3 Å². The zero-order valence-corrected chi connectivity index (χ0v) is 13.4. The summed E-state index contributed by atoms with van der Waals surface area (Å²) in [7, 11) is -3.61. The van der Waals surface area contributed by atoms with Crippen molar-refractivity contribution in [1.29, 1.82) is 0 Å². The third-order valence-electron chi connectivity index (χ3n) is 3.21. The fraction of sp³-hybridized carbons (Fsp3) is 0.200. The first kappa shape index (κ1) is 15.8. The van der Waals surface area contributed by atoms with Gasteiger partial charge in [-0.25, -0.2) is 13.1 Å². The molecule has 0 aliphatic rings. The van der Waals surface area contributed by atoms with Gasteiger partial charge in [-0.05, 0) is 54.8 Å². The Balaban J connectivity index is 2.25. The molecule has 0 unspecified atom stereocenters. The van der Waals surface area contributed by atoms with Crippen molar-refractivity contribution in [3.8, 4) is 0 Å². The van der Waals surface area contributed by atoms with Crippen LogP contribution in [0.15, 0.2) is 41.3 Å². The molecule has 0 bridgehead atoms. The van der Waals surface area contributed by atoms with Crippen LogP contribution in [0.5, 0.6) is 0 Å². The van der Waals surface area contributed by atoms with E-state index in [1.54, 1.807) is 43.3 Å². The van der Waals surface area contributed by atoms with E-state index < -0.39 is 10.0 Å². The van der Waals surface area contributed by atoms with Crippen LogP contribution in [0.1, 0.15) is 16.7 Å². The topological polar surface area (TPSA) is 72.2 Å². The molecule has 0 saturated carbocycles. The van der Waals surface area contributed by atoms with Gasteiger partial charge in [0.1, 0.15) is 0 Å². The number of benzene rings is 2. The highest BCUT2D eigenvalue weighted by atomic mass is 35.5. The smallest absolute Gasteiger partial charge is 0.241 e. The van der Waals surface area contributed by atoms with E-state index in [4.69, 9.17) is 17.3 Å². The number of hydrogen-bond donors (Lipinski definition) is 2. The summed E-state index contributed by atoms with van der Waals surface area (Å²) < 4.78 is 27.4. The van der Waals surface area contributed by atoms with E-state index in [-0.39, 0.29) is 11.4 Å². The molecule has 0 spiro atoms. The van der Waals surface area contributed by atoms with Crippen LogP contribution in [0.3, 0.4) is 0 Å². The highest BCUT2D eigenvalue weighted by Gasteiger charge is 2.18.